The van der Waals surface area contributed by atoms with Gasteiger partial charge in [-0.05, 0) is 19.8 Å². The molecule has 3 amide bonds. The predicted octanol–water partition coefficient (Wildman–Crippen LogP) is -4.25. The van der Waals surface area contributed by atoms with Crippen LogP contribution in [0.3, 0.4) is 0 Å². The summed E-state index contributed by atoms with van der Waals surface area (Å²) in [6, 6.07) is -1.33. The molecule has 52 heavy (non-hydrogen) atoms. The summed E-state index contributed by atoms with van der Waals surface area (Å²) in [5, 5.41) is 85.2. The van der Waals surface area contributed by atoms with Crippen molar-refractivity contribution in [2.75, 3.05) is 46.0 Å². The maximum Gasteiger partial charge on any atom is 0.326 e. The Balaban J connectivity index is 2.89. The number of rotatable bonds is 25. The first-order valence-electron chi connectivity index (χ1n) is 17.6. The maximum atomic E-state index is 13.3. The van der Waals surface area contributed by atoms with Crippen LogP contribution in [-0.4, -0.2) is 177 Å². The van der Waals surface area contributed by atoms with Crippen LogP contribution in [0, 0.1) is 5.92 Å². The Morgan fingerprint density at radius 3 is 2.12 bits per heavy atom. The summed E-state index contributed by atoms with van der Waals surface area (Å²) in [5.41, 5.74) is 5.80. The average molecular weight is 753 g/mol. The third-order valence-electron chi connectivity index (χ3n) is 8.68. The number of unbranched alkanes of at least 4 members (excludes halogenated alkanes) is 4. The van der Waals surface area contributed by atoms with Crippen LogP contribution in [0.15, 0.2) is 12.2 Å². The molecular formula is C33H60N4O15. The SMILES string of the molecule is C=C(CCCCCCC)C(=O)N(CCNC(=O)COC(=O)[C@@H](N)[C@@H](C)O)CCNC(=O)C(O)C(C)C(O[C@@H]1OC(CO)[C@H](O)[C@H](O)C1O)C(O)CO. The van der Waals surface area contributed by atoms with Gasteiger partial charge in [0.05, 0.1) is 25.4 Å². The van der Waals surface area contributed by atoms with Crippen LogP contribution in [0.25, 0.3) is 0 Å². The fraction of sp³-hybridized carbons (Fsp3) is 0.818. The van der Waals surface area contributed by atoms with Gasteiger partial charge in [-0.3, -0.25) is 19.2 Å². The van der Waals surface area contributed by atoms with Gasteiger partial charge in [-0.1, -0.05) is 46.1 Å². The van der Waals surface area contributed by atoms with E-state index in [-0.39, 0.29) is 26.2 Å². The van der Waals surface area contributed by atoms with E-state index >= 15 is 0 Å². The zero-order chi connectivity index (χ0) is 39.5. The lowest BCUT2D eigenvalue weighted by atomic mass is 9.92. The van der Waals surface area contributed by atoms with Gasteiger partial charge >= 0.3 is 5.97 Å². The fourth-order valence-corrected chi connectivity index (χ4v) is 5.24. The molecule has 19 heteroatoms. The Labute approximate surface area is 303 Å². The second kappa shape index (κ2) is 24.5. The van der Waals surface area contributed by atoms with Crippen LogP contribution in [-0.2, 0) is 33.4 Å². The highest BCUT2D eigenvalue weighted by molar-refractivity contribution is 5.93. The highest BCUT2D eigenvalue weighted by Crippen LogP contribution is 2.26. The first-order valence-corrected chi connectivity index (χ1v) is 17.6. The van der Waals surface area contributed by atoms with Crippen molar-refractivity contribution in [2.45, 2.75) is 120 Å². The lowest BCUT2D eigenvalue weighted by Gasteiger charge is -2.42. The second-order valence-electron chi connectivity index (χ2n) is 12.9. The molecule has 0 bridgehead atoms. The van der Waals surface area contributed by atoms with E-state index in [2.05, 4.69) is 24.1 Å². The zero-order valence-corrected chi connectivity index (χ0v) is 30.2. The number of amides is 3. The molecule has 0 aromatic carbocycles. The number of aliphatic hydroxyl groups is 8. The lowest BCUT2D eigenvalue weighted by molar-refractivity contribution is -0.323. The summed E-state index contributed by atoms with van der Waals surface area (Å²) < 4.78 is 15.6. The third-order valence-corrected chi connectivity index (χ3v) is 8.68. The standard InChI is InChI=1S/C33H60N4O15/c1-5-6-7-8-9-10-18(2)31(48)37(13-11-35-23(42)17-50-32(49)24(34)20(4)40)14-12-36-30(47)25(43)19(3)29(21(41)15-38)52-33-28(46)27(45)26(44)22(16-39)51-33/h19-22,24-29,33,38-41,43-46H,2,5-17,34H2,1,3-4H3,(H,35,42)(H,36,47)/t19?,20-,21?,22?,24+,25?,26+,27+,28?,29?,33+/m1/s1. The van der Waals surface area contributed by atoms with Crippen molar-refractivity contribution in [3.8, 4) is 0 Å². The number of carbonyl (C=O) groups excluding carboxylic acids is 4. The summed E-state index contributed by atoms with van der Waals surface area (Å²) in [5.74, 6) is -4.31. The topological polar surface area (TPSA) is 311 Å². The molecule has 1 saturated heterocycles. The maximum absolute atomic E-state index is 13.3. The van der Waals surface area contributed by atoms with Crippen LogP contribution in [0.1, 0.15) is 59.3 Å². The smallest absolute Gasteiger partial charge is 0.326 e. The van der Waals surface area contributed by atoms with E-state index in [1.54, 1.807) is 0 Å². The Morgan fingerprint density at radius 2 is 1.54 bits per heavy atom. The molecule has 0 radical (unpaired) electrons. The molecule has 11 atom stereocenters. The first kappa shape index (κ1) is 47.2. The molecule has 1 aliphatic rings. The zero-order valence-electron chi connectivity index (χ0n) is 30.2. The Hall–Kier alpha value is -2.82. The summed E-state index contributed by atoms with van der Waals surface area (Å²) in [4.78, 5) is 51.7. The van der Waals surface area contributed by atoms with Crippen molar-refractivity contribution < 1.29 is 74.2 Å². The summed E-state index contributed by atoms with van der Waals surface area (Å²) in [6.45, 7) is 5.89. The largest absolute Gasteiger partial charge is 0.454 e. The van der Waals surface area contributed by atoms with Gasteiger partial charge in [-0.2, -0.15) is 0 Å². The molecule has 0 saturated carbocycles. The van der Waals surface area contributed by atoms with Crippen molar-refractivity contribution in [3.05, 3.63) is 12.2 Å². The fourth-order valence-electron chi connectivity index (χ4n) is 5.24. The van der Waals surface area contributed by atoms with Gasteiger partial charge in [0.1, 0.15) is 42.7 Å². The van der Waals surface area contributed by atoms with Crippen molar-refractivity contribution in [1.29, 1.82) is 0 Å². The van der Waals surface area contributed by atoms with Crippen LogP contribution in [0.4, 0.5) is 0 Å². The third kappa shape index (κ3) is 15.3. The summed E-state index contributed by atoms with van der Waals surface area (Å²) in [6.07, 6.45) is -9.54. The number of esters is 1. The highest BCUT2D eigenvalue weighted by atomic mass is 16.7. The van der Waals surface area contributed by atoms with Crippen molar-refractivity contribution >= 4 is 23.7 Å². The molecular weight excluding hydrogens is 692 g/mol. The summed E-state index contributed by atoms with van der Waals surface area (Å²) >= 11 is 0. The minimum Gasteiger partial charge on any atom is -0.454 e. The number of hydrogen-bond donors (Lipinski definition) is 11. The highest BCUT2D eigenvalue weighted by Gasteiger charge is 2.47. The molecule has 1 aliphatic heterocycles. The van der Waals surface area contributed by atoms with Crippen LogP contribution in [0.5, 0.6) is 0 Å². The molecule has 0 aromatic rings. The Bertz CT molecular complexity index is 1110. The molecule has 6 unspecified atom stereocenters. The predicted molar refractivity (Wildman–Crippen MR) is 183 cm³/mol. The Morgan fingerprint density at radius 1 is 0.923 bits per heavy atom. The molecule has 0 spiro atoms. The normalized spacial score (nSPS) is 23.7. The van der Waals surface area contributed by atoms with Gasteiger partial charge in [-0.15, -0.1) is 0 Å². The minimum atomic E-state index is -1.87. The lowest BCUT2D eigenvalue weighted by Crippen LogP contribution is -2.61. The van der Waals surface area contributed by atoms with Gasteiger partial charge in [0.15, 0.2) is 12.9 Å². The van der Waals surface area contributed by atoms with Gasteiger partial charge in [0.25, 0.3) is 5.91 Å². The quantitative estimate of drug-likeness (QED) is 0.0239. The van der Waals surface area contributed by atoms with Crippen molar-refractivity contribution in [2.24, 2.45) is 11.7 Å². The number of carbonyl (C=O) groups is 4. The van der Waals surface area contributed by atoms with Gasteiger partial charge in [-0.25, -0.2) is 0 Å². The molecule has 302 valence electrons. The van der Waals surface area contributed by atoms with Crippen molar-refractivity contribution in [1.82, 2.24) is 15.5 Å². The van der Waals surface area contributed by atoms with Crippen LogP contribution < -0.4 is 16.4 Å². The van der Waals surface area contributed by atoms with Crippen LogP contribution >= 0.6 is 0 Å². The van der Waals surface area contributed by atoms with E-state index in [1.165, 1.54) is 18.7 Å². The number of nitrogens with one attached hydrogen (secondary N) is 2. The monoisotopic (exact) mass is 752 g/mol. The van der Waals surface area contributed by atoms with E-state index in [1.807, 2.05) is 0 Å². The van der Waals surface area contributed by atoms with E-state index in [9.17, 15) is 60.0 Å². The molecule has 0 aliphatic carbocycles. The van der Waals surface area contributed by atoms with E-state index in [4.69, 9.17) is 19.9 Å². The molecule has 0 aromatic heterocycles. The number of hydrogen-bond acceptors (Lipinski definition) is 16. The number of aliphatic hydroxyl groups excluding tert-OH is 8. The minimum absolute atomic E-state index is 0.0346. The number of nitrogens with zero attached hydrogens (tertiary/aromatic N) is 1. The van der Waals surface area contributed by atoms with Crippen LogP contribution in [0.2, 0.25) is 0 Å². The van der Waals surface area contributed by atoms with E-state index in [0.717, 1.165) is 32.1 Å². The number of ether oxygens (including phenoxy) is 3. The molecule has 12 N–H and O–H groups in total. The molecule has 1 fully saturated rings. The first-order chi connectivity index (χ1) is 24.5. The van der Waals surface area contributed by atoms with Crippen molar-refractivity contribution in [3.63, 3.8) is 0 Å². The Kier molecular flexibility index (Phi) is 22.2. The molecule has 1 rings (SSSR count). The van der Waals surface area contributed by atoms with E-state index < -0.39 is 111 Å². The summed E-state index contributed by atoms with van der Waals surface area (Å²) in [7, 11) is 0. The van der Waals surface area contributed by atoms with Gasteiger partial charge in [0.2, 0.25) is 11.8 Å². The number of nitrogens with two attached hydrogens (primary N) is 1. The van der Waals surface area contributed by atoms with Gasteiger partial charge in [0, 0.05) is 37.7 Å². The molecule has 19 nitrogen and oxygen atoms in total. The van der Waals surface area contributed by atoms with Gasteiger partial charge < -0.3 is 76.3 Å². The average Bonchev–Trinajstić information content (AvgIpc) is 3.13. The van der Waals surface area contributed by atoms with E-state index in [0.29, 0.717) is 12.0 Å². The second-order valence-corrected chi connectivity index (χ2v) is 12.9. The molecule has 1 heterocycles.